The molecule has 6 nitrogen and oxygen atoms in total. The molecule has 148 valence electrons. The van der Waals surface area contributed by atoms with Crippen LogP contribution in [0.2, 0.25) is 0 Å². The highest BCUT2D eigenvalue weighted by molar-refractivity contribution is 5.92. The van der Waals surface area contributed by atoms with E-state index >= 15 is 0 Å². The molecule has 2 fully saturated rings. The first kappa shape index (κ1) is 18.7. The van der Waals surface area contributed by atoms with Crippen LogP contribution in [0, 0.1) is 0 Å². The van der Waals surface area contributed by atoms with Gasteiger partial charge in [-0.15, -0.1) is 0 Å². The zero-order chi connectivity index (χ0) is 19.3. The lowest BCUT2D eigenvalue weighted by Gasteiger charge is -2.33. The molecule has 1 amide bonds. The number of nitrogens with one attached hydrogen (secondary N) is 1. The number of hydrogen-bond donors (Lipinski definition) is 1. The highest BCUT2D eigenvalue weighted by atomic mass is 16.2. The van der Waals surface area contributed by atoms with Gasteiger partial charge in [0.15, 0.2) is 0 Å². The van der Waals surface area contributed by atoms with Gasteiger partial charge in [0, 0.05) is 50.6 Å². The first-order valence-corrected chi connectivity index (χ1v) is 10.3. The van der Waals surface area contributed by atoms with E-state index in [1.54, 1.807) is 6.20 Å². The SMILES string of the molecule is CCN1CCN(C(=O)c2ccc(Nc3ccc(N4CCCC4)cc3)cn2)CC1. The van der Waals surface area contributed by atoms with Crippen LogP contribution in [0.1, 0.15) is 30.3 Å². The molecule has 0 aliphatic carbocycles. The van der Waals surface area contributed by atoms with Gasteiger partial charge in [-0.25, -0.2) is 4.98 Å². The smallest absolute Gasteiger partial charge is 0.272 e. The molecule has 0 atom stereocenters. The van der Waals surface area contributed by atoms with Crippen molar-refractivity contribution in [2.45, 2.75) is 19.8 Å². The predicted octanol–water partition coefficient (Wildman–Crippen LogP) is 3.20. The van der Waals surface area contributed by atoms with Gasteiger partial charge < -0.3 is 20.0 Å². The second-order valence-electron chi connectivity index (χ2n) is 7.52. The van der Waals surface area contributed by atoms with Crippen LogP contribution in [0.4, 0.5) is 17.1 Å². The molecule has 4 rings (SSSR count). The molecule has 2 saturated heterocycles. The van der Waals surface area contributed by atoms with E-state index < -0.39 is 0 Å². The van der Waals surface area contributed by atoms with E-state index in [4.69, 9.17) is 0 Å². The quantitative estimate of drug-likeness (QED) is 0.865. The zero-order valence-electron chi connectivity index (χ0n) is 16.6. The van der Waals surface area contributed by atoms with Crippen LogP contribution in [0.15, 0.2) is 42.6 Å². The summed E-state index contributed by atoms with van der Waals surface area (Å²) >= 11 is 0. The van der Waals surface area contributed by atoms with Crippen LogP contribution < -0.4 is 10.2 Å². The summed E-state index contributed by atoms with van der Waals surface area (Å²) in [6, 6.07) is 12.3. The maximum absolute atomic E-state index is 12.6. The molecule has 0 spiro atoms. The Balaban J connectivity index is 1.34. The molecular weight excluding hydrogens is 350 g/mol. The third kappa shape index (κ3) is 4.28. The molecule has 28 heavy (non-hydrogen) atoms. The summed E-state index contributed by atoms with van der Waals surface area (Å²) in [6.45, 7) is 8.93. The number of carbonyl (C=O) groups is 1. The number of amides is 1. The van der Waals surface area contributed by atoms with Crippen LogP contribution in [0.25, 0.3) is 0 Å². The number of benzene rings is 1. The number of likely N-dealkylation sites (N-methyl/N-ethyl adjacent to an activating group) is 1. The zero-order valence-corrected chi connectivity index (χ0v) is 16.6. The molecule has 2 aliphatic heterocycles. The lowest BCUT2D eigenvalue weighted by molar-refractivity contribution is 0.0637. The summed E-state index contributed by atoms with van der Waals surface area (Å²) in [5.74, 6) is 0.0252. The number of nitrogens with zero attached hydrogens (tertiary/aromatic N) is 4. The van der Waals surface area contributed by atoms with Crippen LogP contribution in [0.3, 0.4) is 0 Å². The van der Waals surface area contributed by atoms with E-state index in [9.17, 15) is 4.79 Å². The average Bonchev–Trinajstić information content (AvgIpc) is 3.29. The average molecular weight is 380 g/mol. The summed E-state index contributed by atoms with van der Waals surface area (Å²) < 4.78 is 0. The molecule has 0 saturated carbocycles. The fourth-order valence-corrected chi connectivity index (χ4v) is 3.92. The number of anilines is 3. The molecule has 1 aromatic heterocycles. The Bertz CT molecular complexity index is 776. The Morgan fingerprint density at radius 3 is 2.21 bits per heavy atom. The van der Waals surface area contributed by atoms with Crippen LogP contribution in [-0.4, -0.2) is 66.5 Å². The third-order valence-electron chi connectivity index (χ3n) is 5.72. The number of hydrogen-bond acceptors (Lipinski definition) is 5. The van der Waals surface area contributed by atoms with E-state index in [-0.39, 0.29) is 5.91 Å². The molecule has 1 N–H and O–H groups in total. The lowest BCUT2D eigenvalue weighted by atomic mass is 10.2. The summed E-state index contributed by atoms with van der Waals surface area (Å²) in [5.41, 5.74) is 3.71. The monoisotopic (exact) mass is 379 g/mol. The van der Waals surface area contributed by atoms with Crippen molar-refractivity contribution in [2.75, 3.05) is 56.0 Å². The Kier molecular flexibility index (Phi) is 5.76. The largest absolute Gasteiger partial charge is 0.372 e. The highest BCUT2D eigenvalue weighted by Gasteiger charge is 2.22. The highest BCUT2D eigenvalue weighted by Crippen LogP contribution is 2.24. The van der Waals surface area contributed by atoms with E-state index in [1.807, 2.05) is 17.0 Å². The number of rotatable bonds is 5. The topological polar surface area (TPSA) is 51.7 Å². The van der Waals surface area contributed by atoms with Crippen molar-refractivity contribution in [1.29, 1.82) is 0 Å². The van der Waals surface area contributed by atoms with Gasteiger partial charge in [-0.3, -0.25) is 4.79 Å². The summed E-state index contributed by atoms with van der Waals surface area (Å²) in [4.78, 5) is 23.7. The first-order chi connectivity index (χ1) is 13.7. The maximum atomic E-state index is 12.6. The predicted molar refractivity (Wildman–Crippen MR) is 113 cm³/mol. The Morgan fingerprint density at radius 2 is 1.61 bits per heavy atom. The normalized spacial score (nSPS) is 17.8. The summed E-state index contributed by atoms with van der Waals surface area (Å²) in [7, 11) is 0. The Morgan fingerprint density at radius 1 is 0.929 bits per heavy atom. The van der Waals surface area contributed by atoms with Gasteiger partial charge >= 0.3 is 0 Å². The van der Waals surface area contributed by atoms with Gasteiger partial charge in [0.2, 0.25) is 0 Å². The number of carbonyl (C=O) groups excluding carboxylic acids is 1. The van der Waals surface area contributed by atoms with Gasteiger partial charge in [-0.05, 0) is 55.8 Å². The molecule has 2 aromatic rings. The molecule has 3 heterocycles. The third-order valence-corrected chi connectivity index (χ3v) is 5.72. The lowest BCUT2D eigenvalue weighted by Crippen LogP contribution is -2.48. The minimum atomic E-state index is 0.0252. The van der Waals surface area contributed by atoms with Crippen LogP contribution >= 0.6 is 0 Å². The van der Waals surface area contributed by atoms with Crippen molar-refractivity contribution in [2.24, 2.45) is 0 Å². The molecule has 0 unspecified atom stereocenters. The van der Waals surface area contributed by atoms with Gasteiger partial charge in [-0.2, -0.15) is 0 Å². The second-order valence-corrected chi connectivity index (χ2v) is 7.52. The Labute approximate surface area is 167 Å². The molecule has 0 radical (unpaired) electrons. The van der Waals surface area contributed by atoms with Crippen molar-refractivity contribution in [1.82, 2.24) is 14.8 Å². The Hall–Kier alpha value is -2.60. The van der Waals surface area contributed by atoms with Crippen molar-refractivity contribution < 1.29 is 4.79 Å². The van der Waals surface area contributed by atoms with Gasteiger partial charge in [-0.1, -0.05) is 6.92 Å². The molecular formula is C22H29N5O. The fourth-order valence-electron chi connectivity index (χ4n) is 3.92. The number of piperazine rings is 1. The van der Waals surface area contributed by atoms with Gasteiger partial charge in [0.1, 0.15) is 5.69 Å². The maximum Gasteiger partial charge on any atom is 0.272 e. The van der Waals surface area contributed by atoms with Crippen molar-refractivity contribution in [3.63, 3.8) is 0 Å². The molecule has 1 aromatic carbocycles. The molecule has 6 heteroatoms. The fraction of sp³-hybridized carbons (Fsp3) is 0.455. The summed E-state index contributed by atoms with van der Waals surface area (Å²) in [5, 5.41) is 3.37. The van der Waals surface area contributed by atoms with E-state index in [0.29, 0.717) is 5.69 Å². The van der Waals surface area contributed by atoms with Gasteiger partial charge in [0.25, 0.3) is 5.91 Å². The molecule has 2 aliphatic rings. The van der Waals surface area contributed by atoms with E-state index in [1.165, 1.54) is 18.5 Å². The van der Waals surface area contributed by atoms with Gasteiger partial charge in [0.05, 0.1) is 11.9 Å². The minimum Gasteiger partial charge on any atom is -0.372 e. The first-order valence-electron chi connectivity index (χ1n) is 10.3. The van der Waals surface area contributed by atoms with Crippen LogP contribution in [-0.2, 0) is 0 Å². The standard InChI is InChI=1S/C22H29N5O/c1-2-25-13-15-27(16-14-25)22(28)21-10-7-19(17-23-21)24-18-5-8-20(9-6-18)26-11-3-4-12-26/h5-10,17,24H,2-4,11-16H2,1H3. The van der Waals surface area contributed by atoms with Crippen molar-refractivity contribution in [3.8, 4) is 0 Å². The van der Waals surface area contributed by atoms with Crippen molar-refractivity contribution >= 4 is 23.0 Å². The summed E-state index contributed by atoms with van der Waals surface area (Å²) in [6.07, 6.45) is 4.31. The van der Waals surface area contributed by atoms with Crippen LogP contribution in [0.5, 0.6) is 0 Å². The second kappa shape index (κ2) is 8.61. The minimum absolute atomic E-state index is 0.0252. The number of aromatic nitrogens is 1. The van der Waals surface area contributed by atoms with Crippen molar-refractivity contribution in [3.05, 3.63) is 48.3 Å². The van der Waals surface area contributed by atoms with E-state index in [2.05, 4.69) is 51.3 Å². The molecule has 0 bridgehead atoms. The van der Waals surface area contributed by atoms with E-state index in [0.717, 1.165) is 57.2 Å². The number of pyridine rings is 1.